The molecule has 2 aromatic carbocycles. The van der Waals surface area contributed by atoms with E-state index in [0.717, 1.165) is 20.6 Å². The zero-order valence-corrected chi connectivity index (χ0v) is 18.8. The van der Waals surface area contributed by atoms with Crippen molar-refractivity contribution in [1.29, 1.82) is 0 Å². The number of carbonyl (C=O) groups is 1. The van der Waals surface area contributed by atoms with E-state index >= 15 is 0 Å². The molecule has 0 bridgehead atoms. The van der Waals surface area contributed by atoms with Crippen LogP contribution in [0.2, 0.25) is 5.02 Å². The Morgan fingerprint density at radius 1 is 1.11 bits per heavy atom. The first kappa shape index (κ1) is 23.8. The molecule has 0 radical (unpaired) electrons. The van der Waals surface area contributed by atoms with E-state index in [0.29, 0.717) is 18.8 Å². The number of carbonyl (C=O) groups excluding carboxylic acids is 1. The van der Waals surface area contributed by atoms with E-state index in [-0.39, 0.29) is 30.5 Å². The molecule has 1 amide bonds. The smallest absolute Gasteiger partial charge is 0.258 e. The lowest BCUT2D eigenvalue weighted by Crippen LogP contribution is -2.43. The number of halogens is 3. The molecule has 7 heteroatoms. The molecule has 0 spiro atoms. The fourth-order valence-corrected chi connectivity index (χ4v) is 3.01. The molecule has 0 aliphatic heterocycles. The molecule has 0 unspecified atom stereocenters. The molecule has 0 saturated carbocycles. The molecule has 0 saturated heterocycles. The summed E-state index contributed by atoms with van der Waals surface area (Å²) in [5.74, 6) is 0.541. The van der Waals surface area contributed by atoms with Gasteiger partial charge in [-0.15, -0.1) is 12.4 Å². The quantitative estimate of drug-likeness (QED) is 0.585. The highest BCUT2D eigenvalue weighted by molar-refractivity contribution is 9.10. The maximum Gasteiger partial charge on any atom is 0.258 e. The van der Waals surface area contributed by atoms with Crippen LogP contribution < -0.4 is 15.4 Å². The largest absolute Gasteiger partial charge is 0.483 e. The second-order valence-corrected chi connectivity index (χ2v) is 8.36. The lowest BCUT2D eigenvalue weighted by Gasteiger charge is -2.21. The number of ether oxygens (including phenoxy) is 1. The van der Waals surface area contributed by atoms with Gasteiger partial charge in [0.05, 0.1) is 0 Å². The molecule has 2 aromatic rings. The molecule has 4 nitrogen and oxygen atoms in total. The van der Waals surface area contributed by atoms with Crippen molar-refractivity contribution in [3.63, 3.8) is 0 Å². The summed E-state index contributed by atoms with van der Waals surface area (Å²) >= 11 is 9.66. The Morgan fingerprint density at radius 3 is 2.44 bits per heavy atom. The van der Waals surface area contributed by atoms with Crippen LogP contribution in [0, 0.1) is 0 Å². The zero-order valence-electron chi connectivity index (χ0n) is 15.6. The Balaban J connectivity index is 0.00000364. The summed E-state index contributed by atoms with van der Waals surface area (Å²) in [6, 6.07) is 13.5. The minimum absolute atomic E-state index is 0. The summed E-state index contributed by atoms with van der Waals surface area (Å²) in [6.07, 6.45) is 0. The van der Waals surface area contributed by atoms with Gasteiger partial charge in [-0.1, -0.05) is 45.7 Å². The number of hydrogen-bond donors (Lipinski definition) is 2. The Morgan fingerprint density at radius 2 is 1.78 bits per heavy atom. The average Bonchev–Trinajstić information content (AvgIpc) is 2.54. The fraction of sp³-hybridized carbons (Fsp3) is 0.350. The standard InChI is InChI=1S/C20H24BrClN2O2.ClH/c1-20(2,3)24-19(25)13-26-18-9-8-16(21)10-15(18)12-23-11-14-6-4-5-7-17(14)22;/h4-10,23H,11-13H2,1-3H3,(H,24,25);1H. The van der Waals surface area contributed by atoms with Crippen LogP contribution >= 0.6 is 39.9 Å². The Bertz CT molecular complexity index is 764. The summed E-state index contributed by atoms with van der Waals surface area (Å²) in [6.45, 7) is 7.05. The van der Waals surface area contributed by atoms with E-state index in [4.69, 9.17) is 16.3 Å². The molecule has 0 aliphatic carbocycles. The minimum atomic E-state index is -0.278. The summed E-state index contributed by atoms with van der Waals surface area (Å²) in [5.41, 5.74) is 1.73. The molecule has 0 heterocycles. The third-order valence-corrected chi connectivity index (χ3v) is 4.35. The predicted molar refractivity (Wildman–Crippen MR) is 117 cm³/mol. The molecule has 2 rings (SSSR count). The number of hydrogen-bond acceptors (Lipinski definition) is 3. The molecular formula is C20H25BrCl2N2O2. The van der Waals surface area contributed by atoms with E-state index < -0.39 is 0 Å². The van der Waals surface area contributed by atoms with E-state index in [1.54, 1.807) is 0 Å². The molecule has 2 N–H and O–H groups in total. The predicted octanol–water partition coefficient (Wildman–Crippen LogP) is 5.11. The van der Waals surface area contributed by atoms with Crippen LogP contribution in [-0.2, 0) is 17.9 Å². The van der Waals surface area contributed by atoms with Gasteiger partial charge >= 0.3 is 0 Å². The molecule has 148 valence electrons. The van der Waals surface area contributed by atoms with E-state index in [1.165, 1.54) is 0 Å². The molecule has 27 heavy (non-hydrogen) atoms. The summed E-state index contributed by atoms with van der Waals surface area (Å²) in [7, 11) is 0. The van der Waals surface area contributed by atoms with Crippen LogP contribution in [0.25, 0.3) is 0 Å². The van der Waals surface area contributed by atoms with Crippen molar-refractivity contribution in [2.75, 3.05) is 6.61 Å². The van der Waals surface area contributed by atoms with Crippen LogP contribution in [0.4, 0.5) is 0 Å². The van der Waals surface area contributed by atoms with Crippen LogP contribution in [0.1, 0.15) is 31.9 Å². The number of amides is 1. The molecule has 0 fully saturated rings. The van der Waals surface area contributed by atoms with Gasteiger partial charge in [0.15, 0.2) is 6.61 Å². The van der Waals surface area contributed by atoms with Crippen molar-refractivity contribution in [1.82, 2.24) is 10.6 Å². The number of nitrogens with one attached hydrogen (secondary N) is 2. The monoisotopic (exact) mass is 474 g/mol. The van der Waals surface area contributed by atoms with Gasteiger partial charge in [0.1, 0.15) is 5.75 Å². The Labute approximate surface area is 180 Å². The first-order valence-electron chi connectivity index (χ1n) is 8.41. The maximum absolute atomic E-state index is 12.0. The van der Waals surface area contributed by atoms with Gasteiger partial charge in [0.25, 0.3) is 5.91 Å². The lowest BCUT2D eigenvalue weighted by atomic mass is 10.1. The highest BCUT2D eigenvalue weighted by Crippen LogP contribution is 2.23. The van der Waals surface area contributed by atoms with Gasteiger partial charge in [0.2, 0.25) is 0 Å². The van der Waals surface area contributed by atoms with Crippen molar-refractivity contribution >= 4 is 45.8 Å². The van der Waals surface area contributed by atoms with E-state index in [1.807, 2.05) is 63.2 Å². The summed E-state index contributed by atoms with van der Waals surface area (Å²) in [4.78, 5) is 12.0. The minimum Gasteiger partial charge on any atom is -0.483 e. The zero-order chi connectivity index (χ0) is 19.2. The van der Waals surface area contributed by atoms with Crippen LogP contribution in [0.5, 0.6) is 5.75 Å². The Hall–Kier alpha value is -1.27. The topological polar surface area (TPSA) is 50.4 Å². The number of benzene rings is 2. The van der Waals surface area contributed by atoms with Gasteiger partial charge in [-0.25, -0.2) is 0 Å². The van der Waals surface area contributed by atoms with Crippen molar-refractivity contribution in [2.24, 2.45) is 0 Å². The van der Waals surface area contributed by atoms with Crippen LogP contribution in [0.3, 0.4) is 0 Å². The first-order chi connectivity index (χ1) is 12.2. The van der Waals surface area contributed by atoms with Crippen molar-refractivity contribution in [3.05, 3.63) is 63.1 Å². The second-order valence-electron chi connectivity index (χ2n) is 7.03. The summed E-state index contributed by atoms with van der Waals surface area (Å²) < 4.78 is 6.68. The second kappa shape index (κ2) is 10.9. The van der Waals surface area contributed by atoms with Gasteiger partial charge < -0.3 is 15.4 Å². The van der Waals surface area contributed by atoms with Crippen molar-refractivity contribution in [3.8, 4) is 5.75 Å². The van der Waals surface area contributed by atoms with Gasteiger partial charge in [-0.3, -0.25) is 4.79 Å². The van der Waals surface area contributed by atoms with Crippen LogP contribution in [-0.4, -0.2) is 18.1 Å². The van der Waals surface area contributed by atoms with Crippen LogP contribution in [0.15, 0.2) is 46.9 Å². The van der Waals surface area contributed by atoms with Crippen molar-refractivity contribution in [2.45, 2.75) is 39.4 Å². The normalized spacial score (nSPS) is 10.9. The highest BCUT2D eigenvalue weighted by Gasteiger charge is 2.15. The maximum atomic E-state index is 12.0. The van der Waals surface area contributed by atoms with Gasteiger partial charge in [0, 0.05) is 33.7 Å². The molecular weight excluding hydrogens is 451 g/mol. The molecule has 0 aromatic heterocycles. The van der Waals surface area contributed by atoms with Gasteiger partial charge in [-0.05, 0) is 50.6 Å². The van der Waals surface area contributed by atoms with E-state index in [9.17, 15) is 4.79 Å². The molecule has 0 atom stereocenters. The Kier molecular flexibility index (Phi) is 9.60. The molecule has 0 aliphatic rings. The van der Waals surface area contributed by atoms with Gasteiger partial charge in [-0.2, -0.15) is 0 Å². The van der Waals surface area contributed by atoms with E-state index in [2.05, 4.69) is 26.6 Å². The fourth-order valence-electron chi connectivity index (χ4n) is 2.40. The summed E-state index contributed by atoms with van der Waals surface area (Å²) in [5, 5.41) is 6.99. The third-order valence-electron chi connectivity index (χ3n) is 3.48. The van der Waals surface area contributed by atoms with Crippen molar-refractivity contribution < 1.29 is 9.53 Å². The SMILES string of the molecule is CC(C)(C)NC(=O)COc1ccc(Br)cc1CNCc1ccccc1Cl.Cl. The highest BCUT2D eigenvalue weighted by atomic mass is 79.9. The average molecular weight is 476 g/mol. The first-order valence-corrected chi connectivity index (χ1v) is 9.58. The number of rotatable bonds is 7. The lowest BCUT2D eigenvalue weighted by molar-refractivity contribution is -0.124. The third kappa shape index (κ3) is 8.52.